The molecule has 0 aliphatic heterocycles. The van der Waals surface area contributed by atoms with Crippen molar-refractivity contribution in [2.75, 3.05) is 6.54 Å². The highest BCUT2D eigenvalue weighted by atomic mass is 15.6. The number of rotatable bonds is 6. The van der Waals surface area contributed by atoms with Gasteiger partial charge in [-0.15, -0.1) is 10.2 Å². The summed E-state index contributed by atoms with van der Waals surface area (Å²) in [6, 6.07) is 10.4. The maximum atomic E-state index is 4.41. The third-order valence-corrected chi connectivity index (χ3v) is 2.83. The fourth-order valence-electron chi connectivity index (χ4n) is 1.80. The van der Waals surface area contributed by atoms with Gasteiger partial charge in [0.05, 0.1) is 6.54 Å². The van der Waals surface area contributed by atoms with Crippen LogP contribution in [0, 0.1) is 5.92 Å². The monoisotopic (exact) mass is 259 g/mol. The van der Waals surface area contributed by atoms with E-state index in [0.29, 0.717) is 17.8 Å². The second-order valence-corrected chi connectivity index (χ2v) is 5.20. The number of aromatic nitrogens is 4. The molecule has 0 spiro atoms. The molecule has 0 amide bonds. The van der Waals surface area contributed by atoms with Gasteiger partial charge in [0, 0.05) is 11.6 Å². The van der Waals surface area contributed by atoms with E-state index >= 15 is 0 Å². The van der Waals surface area contributed by atoms with E-state index in [4.69, 9.17) is 0 Å². The number of benzene rings is 1. The van der Waals surface area contributed by atoms with Crippen molar-refractivity contribution in [3.05, 3.63) is 30.3 Å². The van der Waals surface area contributed by atoms with E-state index in [0.717, 1.165) is 18.7 Å². The van der Waals surface area contributed by atoms with Gasteiger partial charge in [0.1, 0.15) is 0 Å². The van der Waals surface area contributed by atoms with E-state index in [1.165, 1.54) is 0 Å². The predicted octanol–water partition coefficient (Wildman–Crippen LogP) is 1.97. The second kappa shape index (κ2) is 6.43. The van der Waals surface area contributed by atoms with Crippen LogP contribution in [-0.4, -0.2) is 32.8 Å². The molecule has 1 aromatic carbocycles. The van der Waals surface area contributed by atoms with E-state index in [1.54, 1.807) is 4.80 Å². The van der Waals surface area contributed by atoms with Gasteiger partial charge in [0.25, 0.3) is 0 Å². The zero-order valence-electron chi connectivity index (χ0n) is 11.7. The molecule has 0 fully saturated rings. The maximum Gasteiger partial charge on any atom is 0.204 e. The highest BCUT2D eigenvalue weighted by Gasteiger charge is 2.09. The van der Waals surface area contributed by atoms with Gasteiger partial charge in [-0.1, -0.05) is 51.1 Å². The first-order chi connectivity index (χ1) is 9.15. The summed E-state index contributed by atoms with van der Waals surface area (Å²) in [4.78, 5) is 1.68. The first-order valence-electron chi connectivity index (χ1n) is 6.71. The number of tetrazole rings is 1. The van der Waals surface area contributed by atoms with Gasteiger partial charge in [-0.3, -0.25) is 0 Å². The molecule has 5 nitrogen and oxygen atoms in total. The highest BCUT2D eigenvalue weighted by Crippen LogP contribution is 2.12. The summed E-state index contributed by atoms with van der Waals surface area (Å²) in [6.45, 7) is 8.21. The molecule has 1 aromatic heterocycles. The zero-order valence-corrected chi connectivity index (χ0v) is 11.7. The Morgan fingerprint density at radius 3 is 2.58 bits per heavy atom. The van der Waals surface area contributed by atoms with Crippen LogP contribution in [0.1, 0.15) is 20.8 Å². The van der Waals surface area contributed by atoms with E-state index < -0.39 is 0 Å². The van der Waals surface area contributed by atoms with Crippen LogP contribution in [0.3, 0.4) is 0 Å². The number of hydrogen-bond donors (Lipinski definition) is 1. The average Bonchev–Trinajstić information content (AvgIpc) is 2.86. The van der Waals surface area contributed by atoms with Crippen molar-refractivity contribution >= 4 is 0 Å². The molecule has 1 atom stereocenters. The zero-order chi connectivity index (χ0) is 13.7. The van der Waals surface area contributed by atoms with Gasteiger partial charge < -0.3 is 5.32 Å². The van der Waals surface area contributed by atoms with Crippen LogP contribution >= 0.6 is 0 Å². The van der Waals surface area contributed by atoms with Crippen molar-refractivity contribution < 1.29 is 0 Å². The quantitative estimate of drug-likeness (QED) is 0.861. The van der Waals surface area contributed by atoms with Crippen molar-refractivity contribution in [3.63, 3.8) is 0 Å². The first-order valence-corrected chi connectivity index (χ1v) is 6.71. The summed E-state index contributed by atoms with van der Waals surface area (Å²) in [7, 11) is 0. The molecule has 0 aliphatic carbocycles. The summed E-state index contributed by atoms with van der Waals surface area (Å²) in [6.07, 6.45) is 0. The Labute approximate surface area is 114 Å². The molecule has 19 heavy (non-hydrogen) atoms. The van der Waals surface area contributed by atoms with Crippen LogP contribution in [-0.2, 0) is 6.54 Å². The predicted molar refractivity (Wildman–Crippen MR) is 75.6 cm³/mol. The van der Waals surface area contributed by atoms with Crippen LogP contribution in [0.25, 0.3) is 11.4 Å². The molecular formula is C14H21N5. The standard InChI is InChI=1S/C14H21N5/c1-11(2)15-9-12(3)10-19-17-14(16-18-19)13-7-5-4-6-8-13/h4-8,11-12,15H,9-10H2,1-3H3. The van der Waals surface area contributed by atoms with Crippen LogP contribution in [0.4, 0.5) is 0 Å². The minimum Gasteiger partial charge on any atom is -0.314 e. The maximum absolute atomic E-state index is 4.41. The molecular weight excluding hydrogens is 238 g/mol. The summed E-state index contributed by atoms with van der Waals surface area (Å²) in [5, 5.41) is 16.0. The van der Waals surface area contributed by atoms with Crippen molar-refractivity contribution in [3.8, 4) is 11.4 Å². The molecule has 0 saturated heterocycles. The highest BCUT2D eigenvalue weighted by molar-refractivity contribution is 5.52. The Kier molecular flexibility index (Phi) is 4.63. The van der Waals surface area contributed by atoms with E-state index in [1.807, 2.05) is 30.3 Å². The molecule has 1 heterocycles. The largest absolute Gasteiger partial charge is 0.314 e. The van der Waals surface area contributed by atoms with Gasteiger partial charge in [-0.25, -0.2) is 0 Å². The normalized spacial score (nSPS) is 12.8. The van der Waals surface area contributed by atoms with Crippen molar-refractivity contribution in [1.29, 1.82) is 0 Å². The van der Waals surface area contributed by atoms with Gasteiger partial charge in [0.15, 0.2) is 0 Å². The lowest BCUT2D eigenvalue weighted by Gasteiger charge is -2.13. The van der Waals surface area contributed by atoms with Crippen LogP contribution < -0.4 is 5.32 Å². The van der Waals surface area contributed by atoms with Gasteiger partial charge in [-0.05, 0) is 17.7 Å². The van der Waals surface area contributed by atoms with Crippen molar-refractivity contribution in [2.45, 2.75) is 33.4 Å². The Balaban J connectivity index is 1.94. The van der Waals surface area contributed by atoms with Crippen molar-refractivity contribution in [1.82, 2.24) is 25.5 Å². The lowest BCUT2D eigenvalue weighted by molar-refractivity contribution is 0.377. The van der Waals surface area contributed by atoms with E-state index in [-0.39, 0.29) is 0 Å². The molecule has 0 saturated carbocycles. The number of nitrogens with zero attached hydrogens (tertiary/aromatic N) is 4. The molecule has 1 unspecified atom stereocenters. The third kappa shape index (κ3) is 4.13. The third-order valence-electron chi connectivity index (χ3n) is 2.83. The molecule has 2 aromatic rings. The molecule has 0 bridgehead atoms. The van der Waals surface area contributed by atoms with Gasteiger partial charge >= 0.3 is 0 Å². The Bertz CT molecular complexity index is 492. The fourth-order valence-corrected chi connectivity index (χ4v) is 1.80. The minimum absolute atomic E-state index is 0.472. The van der Waals surface area contributed by atoms with E-state index in [9.17, 15) is 0 Å². The SMILES string of the molecule is CC(CNC(C)C)Cn1nnc(-c2ccccc2)n1. The molecule has 5 heteroatoms. The lowest BCUT2D eigenvalue weighted by Crippen LogP contribution is -2.30. The lowest BCUT2D eigenvalue weighted by atomic mass is 10.2. The fraction of sp³-hybridized carbons (Fsp3) is 0.500. The summed E-state index contributed by atoms with van der Waals surface area (Å²) < 4.78 is 0. The number of hydrogen-bond acceptors (Lipinski definition) is 4. The summed E-state index contributed by atoms with van der Waals surface area (Å²) in [5.41, 5.74) is 1.00. The Morgan fingerprint density at radius 2 is 1.89 bits per heavy atom. The van der Waals surface area contributed by atoms with Crippen LogP contribution in [0.2, 0.25) is 0 Å². The summed E-state index contributed by atoms with van der Waals surface area (Å²) >= 11 is 0. The summed E-state index contributed by atoms with van der Waals surface area (Å²) in [5.74, 6) is 1.16. The minimum atomic E-state index is 0.472. The molecule has 0 radical (unpaired) electrons. The van der Waals surface area contributed by atoms with Crippen LogP contribution in [0.15, 0.2) is 30.3 Å². The van der Waals surface area contributed by atoms with Gasteiger partial charge in [-0.2, -0.15) is 4.80 Å². The van der Waals surface area contributed by atoms with Crippen LogP contribution in [0.5, 0.6) is 0 Å². The smallest absolute Gasteiger partial charge is 0.204 e. The van der Waals surface area contributed by atoms with E-state index in [2.05, 4.69) is 41.5 Å². The molecule has 1 N–H and O–H groups in total. The Morgan fingerprint density at radius 1 is 1.16 bits per heavy atom. The van der Waals surface area contributed by atoms with Crippen molar-refractivity contribution in [2.24, 2.45) is 5.92 Å². The Hall–Kier alpha value is -1.75. The topological polar surface area (TPSA) is 55.6 Å². The molecule has 0 aliphatic rings. The molecule has 2 rings (SSSR count). The number of nitrogens with one attached hydrogen (secondary N) is 1. The van der Waals surface area contributed by atoms with Gasteiger partial charge in [0.2, 0.25) is 5.82 Å². The second-order valence-electron chi connectivity index (χ2n) is 5.20. The first kappa shape index (κ1) is 13.7. The molecule has 102 valence electrons. The average molecular weight is 259 g/mol.